The van der Waals surface area contributed by atoms with Gasteiger partial charge in [0, 0.05) is 24.9 Å². The molecule has 0 spiro atoms. The van der Waals surface area contributed by atoms with Crippen LogP contribution in [-0.2, 0) is 9.53 Å². The maximum Gasteiger partial charge on any atom is 0.310 e. The van der Waals surface area contributed by atoms with Gasteiger partial charge in [0.25, 0.3) is 5.91 Å². The second-order valence-corrected chi connectivity index (χ2v) is 5.27. The zero-order valence-corrected chi connectivity index (χ0v) is 15.0. The summed E-state index contributed by atoms with van der Waals surface area (Å²) in [6, 6.07) is 10.8. The molecule has 0 saturated carbocycles. The highest BCUT2D eigenvalue weighted by atomic mass is 16.6. The van der Waals surface area contributed by atoms with Crippen LogP contribution < -0.4 is 19.5 Å². The van der Waals surface area contributed by atoms with Gasteiger partial charge in [-0.05, 0) is 18.2 Å². The first kappa shape index (κ1) is 20.0. The normalized spacial score (nSPS) is 10.1. The molecule has 1 amide bonds. The van der Waals surface area contributed by atoms with Crippen molar-refractivity contribution in [3.63, 3.8) is 0 Å². The minimum atomic E-state index is -0.569. The maximum atomic E-state index is 12.1. The van der Waals surface area contributed by atoms with Crippen molar-refractivity contribution >= 4 is 17.3 Å². The van der Waals surface area contributed by atoms with Crippen LogP contribution >= 0.6 is 0 Å². The van der Waals surface area contributed by atoms with Crippen molar-refractivity contribution in [1.29, 1.82) is 0 Å². The van der Waals surface area contributed by atoms with E-state index in [1.165, 1.54) is 25.3 Å². The molecule has 9 nitrogen and oxygen atoms in total. The number of methoxy groups -OCH3 is 2. The van der Waals surface area contributed by atoms with Crippen LogP contribution in [0.3, 0.4) is 0 Å². The number of nitrogens with zero attached hydrogens (tertiary/aromatic N) is 1. The Morgan fingerprint density at radius 3 is 2.52 bits per heavy atom. The molecule has 0 radical (unpaired) electrons. The van der Waals surface area contributed by atoms with Gasteiger partial charge in [0.15, 0.2) is 23.9 Å². The Bertz CT molecular complexity index is 795. The molecular weight excluding hydrogens is 356 g/mol. The molecule has 0 aliphatic carbocycles. The number of para-hydroxylation sites is 2. The number of rotatable bonds is 10. The van der Waals surface area contributed by atoms with Crippen molar-refractivity contribution in [2.45, 2.75) is 0 Å². The number of benzene rings is 2. The lowest BCUT2D eigenvalue weighted by atomic mass is 10.2. The Morgan fingerprint density at radius 1 is 1.04 bits per heavy atom. The summed E-state index contributed by atoms with van der Waals surface area (Å²) in [6.45, 7) is 0.352. The van der Waals surface area contributed by atoms with Crippen LogP contribution in [0.5, 0.6) is 17.2 Å². The molecule has 0 bridgehead atoms. The predicted molar refractivity (Wildman–Crippen MR) is 97.6 cm³/mol. The summed E-state index contributed by atoms with van der Waals surface area (Å²) in [5.74, 6) is 0.518. The molecule has 0 aliphatic heterocycles. The zero-order valence-electron chi connectivity index (χ0n) is 15.0. The van der Waals surface area contributed by atoms with Gasteiger partial charge in [-0.2, -0.15) is 0 Å². The van der Waals surface area contributed by atoms with Crippen molar-refractivity contribution in [2.75, 3.05) is 39.4 Å². The third-order valence-corrected chi connectivity index (χ3v) is 3.41. The summed E-state index contributed by atoms with van der Waals surface area (Å²) in [5.41, 5.74) is 0.267. The second kappa shape index (κ2) is 9.97. The SMILES string of the molecule is COCCOc1cc(NC(=O)COc2ccccc2[N+](=O)[O-])ccc1OC. The minimum Gasteiger partial charge on any atom is -0.493 e. The van der Waals surface area contributed by atoms with Gasteiger partial charge < -0.3 is 24.3 Å². The van der Waals surface area contributed by atoms with E-state index in [1.807, 2.05) is 0 Å². The van der Waals surface area contributed by atoms with Gasteiger partial charge in [-0.25, -0.2) is 0 Å². The molecule has 0 heterocycles. The summed E-state index contributed by atoms with van der Waals surface area (Å²) >= 11 is 0. The molecular formula is C18H20N2O7. The Hall–Kier alpha value is -3.33. The van der Waals surface area contributed by atoms with Gasteiger partial charge in [-0.3, -0.25) is 14.9 Å². The maximum absolute atomic E-state index is 12.1. The number of ether oxygens (including phenoxy) is 4. The van der Waals surface area contributed by atoms with Crippen molar-refractivity contribution in [3.05, 3.63) is 52.6 Å². The third-order valence-electron chi connectivity index (χ3n) is 3.41. The Kier molecular flexibility index (Phi) is 7.38. The smallest absolute Gasteiger partial charge is 0.310 e. The molecule has 0 atom stereocenters. The highest BCUT2D eigenvalue weighted by molar-refractivity contribution is 5.92. The molecule has 0 aliphatic rings. The first-order valence-corrected chi connectivity index (χ1v) is 8.01. The monoisotopic (exact) mass is 376 g/mol. The van der Waals surface area contributed by atoms with E-state index in [0.29, 0.717) is 30.4 Å². The lowest BCUT2D eigenvalue weighted by Crippen LogP contribution is -2.20. The number of hydrogen-bond acceptors (Lipinski definition) is 7. The van der Waals surface area contributed by atoms with Crippen LogP contribution in [0.25, 0.3) is 0 Å². The van der Waals surface area contributed by atoms with Crippen molar-refractivity contribution in [1.82, 2.24) is 0 Å². The van der Waals surface area contributed by atoms with Gasteiger partial charge in [0.1, 0.15) is 6.61 Å². The first-order chi connectivity index (χ1) is 13.0. The van der Waals surface area contributed by atoms with Gasteiger partial charge in [-0.15, -0.1) is 0 Å². The minimum absolute atomic E-state index is 0.0240. The first-order valence-electron chi connectivity index (χ1n) is 8.01. The lowest BCUT2D eigenvalue weighted by Gasteiger charge is -2.13. The van der Waals surface area contributed by atoms with E-state index in [-0.39, 0.29) is 18.0 Å². The number of carbonyl (C=O) groups excluding carboxylic acids is 1. The van der Waals surface area contributed by atoms with Crippen LogP contribution in [0.15, 0.2) is 42.5 Å². The summed E-state index contributed by atoms with van der Waals surface area (Å²) in [6.07, 6.45) is 0. The summed E-state index contributed by atoms with van der Waals surface area (Å²) in [5, 5.41) is 13.6. The fourth-order valence-electron chi connectivity index (χ4n) is 2.17. The third kappa shape index (κ3) is 5.86. The second-order valence-electron chi connectivity index (χ2n) is 5.27. The molecule has 0 fully saturated rings. The molecule has 144 valence electrons. The fraction of sp³-hybridized carbons (Fsp3) is 0.278. The van der Waals surface area contributed by atoms with Gasteiger partial charge in [0.05, 0.1) is 18.6 Å². The number of anilines is 1. The van der Waals surface area contributed by atoms with Crippen LogP contribution in [-0.4, -0.2) is 44.9 Å². The standard InChI is InChI=1S/C18H20N2O7/c1-24-9-10-26-17-11-13(7-8-16(17)25-2)19-18(21)12-27-15-6-4-3-5-14(15)20(22)23/h3-8,11H,9-10,12H2,1-2H3,(H,19,21). The highest BCUT2D eigenvalue weighted by Crippen LogP contribution is 2.30. The van der Waals surface area contributed by atoms with E-state index in [1.54, 1.807) is 31.4 Å². The van der Waals surface area contributed by atoms with E-state index >= 15 is 0 Å². The van der Waals surface area contributed by atoms with Crippen molar-refractivity contribution in [3.8, 4) is 17.2 Å². The average molecular weight is 376 g/mol. The molecule has 27 heavy (non-hydrogen) atoms. The lowest BCUT2D eigenvalue weighted by molar-refractivity contribution is -0.385. The molecule has 2 aromatic rings. The molecule has 0 aromatic heterocycles. The zero-order chi connectivity index (χ0) is 19.6. The average Bonchev–Trinajstić information content (AvgIpc) is 2.67. The predicted octanol–water partition coefficient (Wildman–Crippen LogP) is 2.65. The van der Waals surface area contributed by atoms with Gasteiger partial charge in [-0.1, -0.05) is 12.1 Å². The Morgan fingerprint density at radius 2 is 1.81 bits per heavy atom. The van der Waals surface area contributed by atoms with Crippen LogP contribution in [0.1, 0.15) is 0 Å². The number of amides is 1. The fourth-order valence-corrected chi connectivity index (χ4v) is 2.17. The Labute approximate surface area is 155 Å². The number of nitro groups is 1. The summed E-state index contributed by atoms with van der Waals surface area (Å²) < 4.78 is 21.0. The molecule has 2 rings (SSSR count). The van der Waals surface area contributed by atoms with Crippen LogP contribution in [0, 0.1) is 10.1 Å². The summed E-state index contributed by atoms with van der Waals surface area (Å²) in [4.78, 5) is 22.5. The quantitative estimate of drug-likeness (QED) is 0.386. The molecule has 2 aromatic carbocycles. The highest BCUT2D eigenvalue weighted by Gasteiger charge is 2.15. The largest absolute Gasteiger partial charge is 0.493 e. The van der Waals surface area contributed by atoms with E-state index in [9.17, 15) is 14.9 Å². The van der Waals surface area contributed by atoms with E-state index in [0.717, 1.165) is 0 Å². The Balaban J connectivity index is 1.99. The van der Waals surface area contributed by atoms with Crippen molar-refractivity contribution < 1.29 is 28.7 Å². The van der Waals surface area contributed by atoms with E-state index in [4.69, 9.17) is 18.9 Å². The topological polar surface area (TPSA) is 109 Å². The number of nitrogens with one attached hydrogen (secondary N) is 1. The van der Waals surface area contributed by atoms with Gasteiger partial charge in [0.2, 0.25) is 0 Å². The molecule has 1 N–H and O–H groups in total. The van der Waals surface area contributed by atoms with Crippen LogP contribution in [0.4, 0.5) is 11.4 Å². The number of carbonyl (C=O) groups is 1. The summed E-state index contributed by atoms with van der Waals surface area (Å²) in [7, 11) is 3.08. The molecule has 0 unspecified atom stereocenters. The van der Waals surface area contributed by atoms with Crippen molar-refractivity contribution in [2.24, 2.45) is 0 Å². The number of nitro benzene ring substituents is 1. The molecule has 0 saturated heterocycles. The molecule has 9 heteroatoms. The van der Waals surface area contributed by atoms with Gasteiger partial charge >= 0.3 is 5.69 Å². The van der Waals surface area contributed by atoms with E-state index < -0.39 is 10.8 Å². The van der Waals surface area contributed by atoms with Crippen LogP contribution in [0.2, 0.25) is 0 Å². The van der Waals surface area contributed by atoms with E-state index in [2.05, 4.69) is 5.32 Å². The number of hydrogen-bond donors (Lipinski definition) is 1.